The van der Waals surface area contributed by atoms with E-state index in [0.29, 0.717) is 104 Å². The standard InChI is InChI=1S/C59H80O11/c1-56(2,3)46-29-38-25-40-31-47(57(4,5)6)32-41-26-42-33-48(58(7,8)9)34-43(54(42)69-24-22-66-20-18-64-17-19-65-21-23-68-53(40)41)28-45-36-49(59(10,11)12)35-44(55(45)70-37-51(62)63)27-39(30-46)52(38)67-16-14-13-15-50(60)61/h29-36H,13-28,37H2,1-12H3,(H,60,61)(H,62,63). The number of hydrogen-bond donors (Lipinski definition) is 2. The van der Waals surface area contributed by atoms with Crippen LogP contribution in [0.15, 0.2) is 48.5 Å². The molecule has 0 saturated heterocycles. The lowest BCUT2D eigenvalue weighted by atomic mass is 9.79. The minimum atomic E-state index is -1.07. The molecule has 0 saturated carbocycles. The van der Waals surface area contributed by atoms with Crippen LogP contribution in [0.25, 0.3) is 0 Å². The van der Waals surface area contributed by atoms with E-state index >= 15 is 0 Å². The number of carboxylic acids is 2. The van der Waals surface area contributed by atoms with Crippen LogP contribution in [0.5, 0.6) is 23.0 Å². The third kappa shape index (κ3) is 14.7. The van der Waals surface area contributed by atoms with Gasteiger partial charge in [-0.1, -0.05) is 132 Å². The van der Waals surface area contributed by atoms with Crippen molar-refractivity contribution in [1.29, 1.82) is 0 Å². The minimum absolute atomic E-state index is 0.0539. The van der Waals surface area contributed by atoms with Gasteiger partial charge in [0, 0.05) is 32.1 Å². The number of unbranched alkanes of at least 4 members (excludes halogenated alkanes) is 1. The van der Waals surface area contributed by atoms with Gasteiger partial charge in [-0.15, -0.1) is 0 Å². The van der Waals surface area contributed by atoms with Crippen LogP contribution >= 0.6 is 0 Å². The van der Waals surface area contributed by atoms with Gasteiger partial charge in [0.25, 0.3) is 0 Å². The highest BCUT2D eigenvalue weighted by molar-refractivity contribution is 5.69. The first-order chi connectivity index (χ1) is 32.9. The highest BCUT2D eigenvalue weighted by atomic mass is 16.6. The van der Waals surface area contributed by atoms with Gasteiger partial charge < -0.3 is 43.4 Å². The van der Waals surface area contributed by atoms with Gasteiger partial charge >= 0.3 is 11.9 Å². The van der Waals surface area contributed by atoms with E-state index in [9.17, 15) is 19.8 Å². The summed E-state index contributed by atoms with van der Waals surface area (Å²) in [6, 6.07) is 17.9. The number of hydrogen-bond acceptors (Lipinski definition) is 9. The molecule has 1 aliphatic heterocycles. The molecule has 4 aromatic rings. The SMILES string of the molecule is CC(C)(C)c1cc2c3c(c1)Cc1cc(C(C)(C)C)cc(c1OCCOCCOCCOCCO3)Cc1cc(C(C)(C)C)cc(c1OCC(=O)O)Cc1cc(C(C)(C)C)cc(c1OCCCCC(=O)O)C2. The molecule has 11 nitrogen and oxygen atoms in total. The Labute approximate surface area is 417 Å². The van der Waals surface area contributed by atoms with Crippen LogP contribution in [0.3, 0.4) is 0 Å². The van der Waals surface area contributed by atoms with Gasteiger partial charge in [-0.05, 0) is 101 Å². The Morgan fingerprint density at radius 1 is 0.429 bits per heavy atom. The summed E-state index contributed by atoms with van der Waals surface area (Å²) in [5.74, 6) is 0.879. The number of aliphatic carboxylic acids is 2. The summed E-state index contributed by atoms with van der Waals surface area (Å²) in [4.78, 5) is 24.0. The maximum Gasteiger partial charge on any atom is 0.341 e. The summed E-state index contributed by atoms with van der Waals surface area (Å²) in [6.07, 6.45) is 2.80. The zero-order chi connectivity index (χ0) is 51.0. The zero-order valence-electron chi connectivity index (χ0n) is 44.2. The smallest absolute Gasteiger partial charge is 0.341 e. The summed E-state index contributed by atoms with van der Waals surface area (Å²) in [5.41, 5.74) is 11.1. The van der Waals surface area contributed by atoms with Gasteiger partial charge in [0.15, 0.2) is 6.61 Å². The maximum absolute atomic E-state index is 12.4. The fraction of sp³-hybridized carbons (Fsp3) is 0.559. The average Bonchev–Trinajstić information content (AvgIpc) is 3.24. The molecular formula is C59H80O11. The molecule has 0 spiro atoms. The second kappa shape index (κ2) is 23.0. The fourth-order valence-corrected chi connectivity index (χ4v) is 9.00. The Morgan fingerprint density at radius 3 is 1.06 bits per heavy atom. The first kappa shape index (κ1) is 54.2. The van der Waals surface area contributed by atoms with Crippen LogP contribution in [0.2, 0.25) is 0 Å². The summed E-state index contributed by atoms with van der Waals surface area (Å²) in [7, 11) is 0. The molecule has 2 N–H and O–H groups in total. The largest absolute Gasteiger partial charge is 0.493 e. The van der Waals surface area contributed by atoms with Crippen LogP contribution in [0.4, 0.5) is 0 Å². The van der Waals surface area contributed by atoms with E-state index in [1.165, 1.54) is 0 Å². The van der Waals surface area contributed by atoms with E-state index in [-0.39, 0.29) is 28.1 Å². The number of carbonyl (C=O) groups is 2. The number of carboxylic acid groups (broad SMARTS) is 2. The molecule has 1 aliphatic carbocycles. The quantitative estimate of drug-likeness (QED) is 0.136. The van der Waals surface area contributed by atoms with Gasteiger partial charge in [0.05, 0.1) is 46.2 Å². The second-order valence-corrected chi connectivity index (χ2v) is 23.1. The number of benzene rings is 4. The molecule has 382 valence electrons. The lowest BCUT2D eigenvalue weighted by molar-refractivity contribution is -0.139. The molecule has 0 fully saturated rings. The second-order valence-electron chi connectivity index (χ2n) is 23.1. The summed E-state index contributed by atoms with van der Waals surface area (Å²) < 4.78 is 45.3. The highest BCUT2D eigenvalue weighted by Gasteiger charge is 2.30. The van der Waals surface area contributed by atoms with E-state index in [1.54, 1.807) is 0 Å². The molecule has 11 heteroatoms. The first-order valence-corrected chi connectivity index (χ1v) is 25.2. The number of rotatable bonds is 9. The Kier molecular flexibility index (Phi) is 17.8. The van der Waals surface area contributed by atoms with Crippen molar-refractivity contribution in [2.24, 2.45) is 0 Å². The monoisotopic (exact) mass is 965 g/mol. The van der Waals surface area contributed by atoms with Crippen LogP contribution < -0.4 is 18.9 Å². The summed E-state index contributed by atoms with van der Waals surface area (Å²) in [5, 5.41) is 19.7. The molecule has 10 bridgehead atoms. The van der Waals surface area contributed by atoms with Crippen molar-refractivity contribution in [3.8, 4) is 23.0 Å². The Morgan fingerprint density at radius 2 is 0.729 bits per heavy atom. The summed E-state index contributed by atoms with van der Waals surface area (Å²) in [6.45, 7) is 29.4. The van der Waals surface area contributed by atoms with Gasteiger partial charge in [0.1, 0.15) is 36.2 Å². The summed E-state index contributed by atoms with van der Waals surface area (Å²) >= 11 is 0. The van der Waals surface area contributed by atoms with E-state index in [0.717, 1.165) is 84.0 Å². The first-order valence-electron chi connectivity index (χ1n) is 25.2. The lowest BCUT2D eigenvalue weighted by Gasteiger charge is -2.29. The highest BCUT2D eigenvalue weighted by Crippen LogP contribution is 2.44. The molecule has 0 unspecified atom stereocenters. The average molecular weight is 965 g/mol. The number of fused-ring (bicyclic) bond motifs is 4. The molecule has 1 heterocycles. The molecule has 2 aliphatic rings. The van der Waals surface area contributed by atoms with Gasteiger partial charge in [-0.2, -0.15) is 0 Å². The van der Waals surface area contributed by atoms with Crippen molar-refractivity contribution in [2.75, 3.05) is 66.1 Å². The Hall–Kier alpha value is -5.10. The van der Waals surface area contributed by atoms with E-state index in [2.05, 4.69) is 132 Å². The molecular weight excluding hydrogens is 885 g/mol. The van der Waals surface area contributed by atoms with Crippen molar-refractivity contribution in [1.82, 2.24) is 0 Å². The van der Waals surface area contributed by atoms with Crippen LogP contribution in [0.1, 0.15) is 169 Å². The van der Waals surface area contributed by atoms with Gasteiger partial charge in [-0.3, -0.25) is 4.79 Å². The predicted molar refractivity (Wildman–Crippen MR) is 275 cm³/mol. The third-order valence-electron chi connectivity index (χ3n) is 13.0. The van der Waals surface area contributed by atoms with Crippen molar-refractivity contribution < 1.29 is 53.0 Å². The molecule has 70 heavy (non-hydrogen) atoms. The fourth-order valence-electron chi connectivity index (χ4n) is 9.00. The zero-order valence-corrected chi connectivity index (χ0v) is 44.2. The van der Waals surface area contributed by atoms with Crippen LogP contribution in [-0.4, -0.2) is 88.2 Å². The molecule has 0 atom stereocenters. The Balaban J connectivity index is 1.76. The molecule has 0 amide bonds. The van der Waals surface area contributed by atoms with E-state index in [1.807, 2.05) is 0 Å². The minimum Gasteiger partial charge on any atom is -0.493 e. The van der Waals surface area contributed by atoms with Crippen LogP contribution in [0, 0.1) is 0 Å². The van der Waals surface area contributed by atoms with Crippen molar-refractivity contribution >= 4 is 11.9 Å². The van der Waals surface area contributed by atoms with Gasteiger partial charge in [-0.25, -0.2) is 4.79 Å². The topological polar surface area (TPSA) is 139 Å². The van der Waals surface area contributed by atoms with E-state index < -0.39 is 18.5 Å². The molecule has 0 radical (unpaired) electrons. The van der Waals surface area contributed by atoms with Crippen molar-refractivity contribution in [2.45, 2.75) is 150 Å². The number of ether oxygens (including phenoxy) is 7. The normalized spacial score (nSPS) is 15.6. The Bertz CT molecular complexity index is 2460. The molecule has 6 rings (SSSR count). The van der Waals surface area contributed by atoms with Crippen molar-refractivity contribution in [3.63, 3.8) is 0 Å². The third-order valence-corrected chi connectivity index (χ3v) is 13.0. The van der Waals surface area contributed by atoms with Gasteiger partial charge in [0.2, 0.25) is 0 Å². The molecule has 4 aromatic carbocycles. The van der Waals surface area contributed by atoms with E-state index in [4.69, 9.17) is 33.2 Å². The van der Waals surface area contributed by atoms with Crippen LogP contribution in [-0.2, 0) is 71.1 Å². The van der Waals surface area contributed by atoms with Crippen molar-refractivity contribution in [3.05, 3.63) is 115 Å². The predicted octanol–water partition coefficient (Wildman–Crippen LogP) is 11.5. The maximum atomic E-state index is 12.4. The molecule has 0 aromatic heterocycles. The lowest BCUT2D eigenvalue weighted by Crippen LogP contribution is -2.19.